The summed E-state index contributed by atoms with van der Waals surface area (Å²) in [5.74, 6) is 0. The van der Waals surface area contributed by atoms with Gasteiger partial charge in [-0.05, 0) is 166 Å². The summed E-state index contributed by atoms with van der Waals surface area (Å²) in [7, 11) is -4.72. The summed E-state index contributed by atoms with van der Waals surface area (Å²) in [4.78, 5) is 0. The predicted molar refractivity (Wildman–Crippen MR) is 222 cm³/mol. The van der Waals surface area contributed by atoms with E-state index in [0.717, 1.165) is 0 Å². The number of hydrogen-bond acceptors (Lipinski definition) is 12. The van der Waals surface area contributed by atoms with Crippen molar-refractivity contribution in [2.75, 3.05) is 0 Å². The van der Waals surface area contributed by atoms with Crippen molar-refractivity contribution in [2.24, 2.45) is 0 Å². The van der Waals surface area contributed by atoms with Crippen molar-refractivity contribution in [1.82, 2.24) is 0 Å². The molecule has 0 aromatic rings. The smallest absolute Gasteiger partial charge is 0.309 e. The molecule has 0 saturated heterocycles. The van der Waals surface area contributed by atoms with Crippen molar-refractivity contribution in [3.05, 3.63) is 0 Å². The Morgan fingerprint density at radius 2 is 0.226 bits per heavy atom. The van der Waals surface area contributed by atoms with Crippen LogP contribution >= 0.6 is 34.4 Å². The van der Waals surface area contributed by atoms with E-state index in [1.54, 1.807) is 0 Å². The van der Waals surface area contributed by atoms with Gasteiger partial charge in [-0.25, -0.2) is 0 Å². The summed E-state index contributed by atoms with van der Waals surface area (Å²) < 4.78 is 65.9. The van der Waals surface area contributed by atoms with E-state index >= 15 is 0 Å². The second-order valence-corrected chi connectivity index (χ2v) is 19.1. The second kappa shape index (κ2) is 39.2. The largest absolute Gasteiger partial charge is 0.333 e. The first-order chi connectivity index (χ1) is 23.7. The average Bonchev–Trinajstić information content (AvgIpc) is 2.85. The summed E-state index contributed by atoms with van der Waals surface area (Å²) in [6.07, 6.45) is 1.71. The van der Waals surface area contributed by atoms with E-state index in [-0.39, 0.29) is 89.7 Å². The van der Waals surface area contributed by atoms with Gasteiger partial charge in [0.2, 0.25) is 0 Å². The van der Waals surface area contributed by atoms with Crippen LogP contribution in [0.1, 0.15) is 166 Å². The maximum Gasteiger partial charge on any atom is 0.333 e. The average molecular weight is 892 g/mol. The van der Waals surface area contributed by atoms with Gasteiger partial charge in [0.25, 0.3) is 0 Å². The maximum absolute atomic E-state index is 5.49. The molecule has 0 aromatic heterocycles. The topological polar surface area (TPSA) is 111 Å². The van der Waals surface area contributed by atoms with Gasteiger partial charge in [0.1, 0.15) is 0 Å². The minimum atomic E-state index is -1.18. The van der Waals surface area contributed by atoms with E-state index in [0.29, 0.717) is 0 Å². The van der Waals surface area contributed by atoms with Crippen LogP contribution in [-0.2, 0) is 70.8 Å². The molecule has 0 amide bonds. The molecule has 0 aliphatic rings. The standard InChI is InChI=1S/4C9H21O3P.Ni/c4*1-7(2)10-13(11-8(3)4)12-9(5)6;/h4*7-9H,1-6H3;. The van der Waals surface area contributed by atoms with Gasteiger partial charge in [0.15, 0.2) is 0 Å². The van der Waals surface area contributed by atoms with Gasteiger partial charge in [0.05, 0.1) is 73.2 Å². The Kier molecular flexibility index (Phi) is 47.3. The molecule has 0 atom stereocenters. The summed E-state index contributed by atoms with van der Waals surface area (Å²) in [5.41, 5.74) is 0. The van der Waals surface area contributed by atoms with Crippen LogP contribution in [0, 0.1) is 0 Å². The molecule has 0 rings (SSSR count). The van der Waals surface area contributed by atoms with Gasteiger partial charge in [-0.1, -0.05) is 0 Å². The van der Waals surface area contributed by atoms with E-state index in [1.165, 1.54) is 0 Å². The number of hydrogen-bond donors (Lipinski definition) is 0. The van der Waals surface area contributed by atoms with E-state index in [1.807, 2.05) is 166 Å². The van der Waals surface area contributed by atoms with Crippen LogP contribution in [0.15, 0.2) is 0 Å². The van der Waals surface area contributed by atoms with Crippen molar-refractivity contribution in [3.8, 4) is 0 Å². The van der Waals surface area contributed by atoms with Gasteiger partial charge < -0.3 is 54.3 Å². The Morgan fingerprint density at radius 3 is 0.264 bits per heavy atom. The summed E-state index contributed by atoms with van der Waals surface area (Å²) in [6.45, 7) is 47.4. The maximum atomic E-state index is 5.49. The van der Waals surface area contributed by atoms with Crippen molar-refractivity contribution >= 4 is 34.4 Å². The molecule has 0 fully saturated rings. The molecule has 330 valence electrons. The molecular weight excluding hydrogens is 807 g/mol. The molecule has 0 aromatic carbocycles. The quantitative estimate of drug-likeness (QED) is 0.0679. The minimum Gasteiger partial charge on any atom is -0.309 e. The Morgan fingerprint density at radius 1 is 0.170 bits per heavy atom. The third-order valence-corrected chi connectivity index (χ3v) is 10.7. The van der Waals surface area contributed by atoms with Crippen molar-refractivity contribution < 1.29 is 70.8 Å². The second-order valence-electron chi connectivity index (χ2n) is 14.7. The van der Waals surface area contributed by atoms with Crippen LogP contribution in [0.5, 0.6) is 0 Å². The molecule has 0 radical (unpaired) electrons. The zero-order chi connectivity index (χ0) is 41.7. The van der Waals surface area contributed by atoms with E-state index in [2.05, 4.69) is 0 Å². The summed E-state index contributed by atoms with van der Waals surface area (Å²) in [6, 6.07) is 0. The van der Waals surface area contributed by atoms with Crippen molar-refractivity contribution in [1.29, 1.82) is 0 Å². The van der Waals surface area contributed by atoms with Gasteiger partial charge in [-0.15, -0.1) is 0 Å². The summed E-state index contributed by atoms with van der Waals surface area (Å²) >= 11 is 0. The van der Waals surface area contributed by atoms with E-state index in [4.69, 9.17) is 54.3 Å². The van der Waals surface area contributed by atoms with Gasteiger partial charge in [-0.2, -0.15) is 0 Å². The summed E-state index contributed by atoms with van der Waals surface area (Å²) in [5, 5.41) is 0. The number of rotatable bonds is 24. The van der Waals surface area contributed by atoms with Crippen molar-refractivity contribution in [2.45, 2.75) is 239 Å². The van der Waals surface area contributed by atoms with Gasteiger partial charge in [-0.3, -0.25) is 0 Å². The fraction of sp³-hybridized carbons (Fsp3) is 1.00. The third kappa shape index (κ3) is 58.1. The third-order valence-electron chi connectivity index (χ3n) is 3.56. The SMILES string of the molecule is CC(C)OP(OC(C)C)OC(C)C.CC(C)OP(OC(C)C)OC(C)C.CC(C)OP(OC(C)C)OC(C)C.CC(C)OP(OC(C)C)OC(C)C.[Ni]. The van der Waals surface area contributed by atoms with Gasteiger partial charge >= 0.3 is 34.4 Å². The first kappa shape index (κ1) is 63.9. The molecule has 0 N–H and O–H groups in total. The minimum absolute atomic E-state index is 0. The molecule has 0 aliphatic carbocycles. The van der Waals surface area contributed by atoms with Crippen LogP contribution in [0.4, 0.5) is 0 Å². The molecule has 53 heavy (non-hydrogen) atoms. The molecule has 12 nitrogen and oxygen atoms in total. The zero-order valence-electron chi connectivity index (χ0n) is 37.9. The molecule has 0 saturated carbocycles. The van der Waals surface area contributed by atoms with Crippen LogP contribution in [0.2, 0.25) is 0 Å². The zero-order valence-corrected chi connectivity index (χ0v) is 42.5. The molecule has 0 aliphatic heterocycles. The molecule has 0 bridgehead atoms. The molecule has 0 spiro atoms. The molecule has 0 heterocycles. The first-order valence-electron chi connectivity index (χ1n) is 18.9. The normalized spacial score (nSPS) is 12.2. The fourth-order valence-electron chi connectivity index (χ4n) is 2.36. The Bertz CT molecular complexity index is 536. The molecule has 0 unspecified atom stereocenters. The molecular formula is C36H84NiO12P4. The fourth-order valence-corrected chi connectivity index (χ4v) is 7.09. The predicted octanol–water partition coefficient (Wildman–Crippen LogP) is 14.0. The van der Waals surface area contributed by atoms with E-state index in [9.17, 15) is 0 Å². The van der Waals surface area contributed by atoms with Gasteiger partial charge in [0, 0.05) is 16.5 Å². The van der Waals surface area contributed by atoms with Crippen LogP contribution in [0.3, 0.4) is 0 Å². The van der Waals surface area contributed by atoms with E-state index < -0.39 is 34.4 Å². The first-order valence-corrected chi connectivity index (χ1v) is 23.3. The Balaban J connectivity index is -0.000000192. The van der Waals surface area contributed by atoms with Crippen LogP contribution < -0.4 is 0 Å². The van der Waals surface area contributed by atoms with Crippen molar-refractivity contribution in [3.63, 3.8) is 0 Å². The Labute approximate surface area is 343 Å². The molecule has 17 heteroatoms. The van der Waals surface area contributed by atoms with Crippen LogP contribution in [0.25, 0.3) is 0 Å². The Hall–Kier alpha value is 1.73. The van der Waals surface area contributed by atoms with Crippen LogP contribution in [-0.4, -0.2) is 73.2 Å². The monoisotopic (exact) mass is 890 g/mol.